The van der Waals surface area contributed by atoms with E-state index in [4.69, 9.17) is 0 Å². The van der Waals surface area contributed by atoms with Gasteiger partial charge in [-0.15, -0.1) is 0 Å². The maximum atomic E-state index is 12.8. The van der Waals surface area contributed by atoms with Gasteiger partial charge in [0.1, 0.15) is 5.60 Å². The van der Waals surface area contributed by atoms with Crippen LogP contribution >= 0.6 is 0 Å². The van der Waals surface area contributed by atoms with Crippen LogP contribution in [0.25, 0.3) is 0 Å². The highest BCUT2D eigenvalue weighted by atomic mass is 16.3. The summed E-state index contributed by atoms with van der Waals surface area (Å²) in [7, 11) is 0. The van der Waals surface area contributed by atoms with Crippen LogP contribution in [0, 0.1) is 29.1 Å². The number of rotatable bonds is 9. The molecule has 0 aromatic heterocycles. The van der Waals surface area contributed by atoms with Crippen LogP contribution in [0.2, 0.25) is 0 Å². The van der Waals surface area contributed by atoms with E-state index in [1.807, 2.05) is 12.2 Å². The molecule has 0 spiro atoms. The van der Waals surface area contributed by atoms with E-state index < -0.39 is 17.6 Å². The molecule has 0 aromatic rings. The van der Waals surface area contributed by atoms with Gasteiger partial charge >= 0.3 is 0 Å². The summed E-state index contributed by atoms with van der Waals surface area (Å²) in [6.45, 7) is 11.4. The van der Waals surface area contributed by atoms with Gasteiger partial charge in [0, 0.05) is 25.3 Å². The van der Waals surface area contributed by atoms with Gasteiger partial charge < -0.3 is 15.5 Å². The second-order valence-electron chi connectivity index (χ2n) is 12.5. The fraction of sp³-hybridized carbons (Fsp3) is 0.688. The second-order valence-corrected chi connectivity index (χ2v) is 12.5. The Hall–Kier alpha value is -1.98. The second kappa shape index (κ2) is 11.4. The van der Waals surface area contributed by atoms with Crippen LogP contribution in [-0.2, 0) is 9.59 Å². The lowest BCUT2D eigenvalue weighted by Gasteiger charge is -2.44. The van der Waals surface area contributed by atoms with Gasteiger partial charge in [-0.25, -0.2) is 0 Å². The molecule has 204 valence electrons. The Morgan fingerprint density at radius 3 is 2.68 bits per heavy atom. The first kappa shape index (κ1) is 28.0. The number of carbonyl (C=O) groups excluding carboxylic acids is 2. The zero-order valence-corrected chi connectivity index (χ0v) is 23.1. The predicted octanol–water partition coefficient (Wildman–Crippen LogP) is 5.59. The van der Waals surface area contributed by atoms with Crippen LogP contribution in [0.3, 0.4) is 0 Å². The lowest BCUT2D eigenvalue weighted by Crippen LogP contribution is -2.52. The molecule has 4 saturated carbocycles. The number of hydrogen-bond donors (Lipinski definition) is 3. The molecule has 0 heterocycles. The van der Waals surface area contributed by atoms with Crippen molar-refractivity contribution in [1.29, 1.82) is 0 Å². The first-order chi connectivity index (χ1) is 17.6. The SMILES string of the molecule is C=C1C(=CC=C2CCC[C@]3(C)[C@@H]([C@H](C)C=CC(=O)C4CC4)CC[C@@H]23)C[C@](O)(C(=O)NCCCC)C[C@@H]1O. The third kappa shape index (κ3) is 6.04. The van der Waals surface area contributed by atoms with E-state index >= 15 is 0 Å². The van der Waals surface area contributed by atoms with Gasteiger partial charge in [0.25, 0.3) is 5.91 Å². The predicted molar refractivity (Wildman–Crippen MR) is 148 cm³/mol. The third-order valence-corrected chi connectivity index (χ3v) is 9.78. The number of unbranched alkanes of at least 4 members (excludes halogenated alkanes) is 1. The van der Waals surface area contributed by atoms with Gasteiger partial charge in [0.2, 0.25) is 0 Å². The Morgan fingerprint density at radius 1 is 1.22 bits per heavy atom. The molecule has 4 aliphatic carbocycles. The molecule has 37 heavy (non-hydrogen) atoms. The zero-order chi connectivity index (χ0) is 26.8. The van der Waals surface area contributed by atoms with Gasteiger partial charge in [-0.05, 0) is 91.8 Å². The van der Waals surface area contributed by atoms with Crippen molar-refractivity contribution in [3.63, 3.8) is 0 Å². The van der Waals surface area contributed by atoms with Gasteiger partial charge in [0.05, 0.1) is 6.10 Å². The number of ketones is 1. The summed E-state index contributed by atoms with van der Waals surface area (Å²) in [6, 6.07) is 0. The first-order valence-corrected chi connectivity index (χ1v) is 14.6. The van der Waals surface area contributed by atoms with Crippen molar-refractivity contribution in [2.45, 2.75) is 103 Å². The van der Waals surface area contributed by atoms with Crippen LogP contribution < -0.4 is 5.32 Å². The Labute approximate surface area is 223 Å². The molecule has 4 fully saturated rings. The van der Waals surface area contributed by atoms with Crippen molar-refractivity contribution < 1.29 is 19.8 Å². The number of hydrogen-bond acceptors (Lipinski definition) is 4. The molecule has 0 saturated heterocycles. The minimum Gasteiger partial charge on any atom is -0.388 e. The fourth-order valence-electron chi connectivity index (χ4n) is 7.28. The molecule has 5 heteroatoms. The van der Waals surface area contributed by atoms with E-state index in [0.29, 0.717) is 35.7 Å². The van der Waals surface area contributed by atoms with Crippen LogP contribution in [0.5, 0.6) is 0 Å². The number of amides is 1. The number of aliphatic hydroxyl groups is 2. The molecule has 0 radical (unpaired) electrons. The lowest BCUT2D eigenvalue weighted by molar-refractivity contribution is -0.143. The summed E-state index contributed by atoms with van der Waals surface area (Å²) in [6.07, 6.45) is 17.1. The first-order valence-electron chi connectivity index (χ1n) is 14.6. The highest BCUT2D eigenvalue weighted by Crippen LogP contribution is 2.59. The fourth-order valence-corrected chi connectivity index (χ4v) is 7.28. The highest BCUT2D eigenvalue weighted by molar-refractivity contribution is 5.93. The molecular formula is C32H47NO4. The topological polar surface area (TPSA) is 86.6 Å². The molecule has 6 atom stereocenters. The summed E-state index contributed by atoms with van der Waals surface area (Å²) < 4.78 is 0. The third-order valence-electron chi connectivity index (χ3n) is 9.78. The molecule has 0 aliphatic heterocycles. The molecule has 5 nitrogen and oxygen atoms in total. The van der Waals surface area contributed by atoms with Crippen molar-refractivity contribution in [3.8, 4) is 0 Å². The summed E-state index contributed by atoms with van der Waals surface area (Å²) in [5.74, 6) is 1.61. The standard InChI is InChI=1S/C32H47NO4/c1-5-6-18-33-30(36)32(37)19-25(22(3)29(35)20-32)13-10-23-8-7-17-31(4)26(14-15-27(23)31)21(2)9-16-28(34)24-11-12-24/h9-10,13,16,21,24,26-27,29,35,37H,3,5-8,11-12,14-15,17-20H2,1-2,4H3,(H,33,36)/t21-,26-,27+,29+,31-,32-/m1/s1. The molecule has 4 aliphatic rings. The molecule has 0 aromatic carbocycles. The van der Waals surface area contributed by atoms with Gasteiger partial charge in [-0.2, -0.15) is 0 Å². The van der Waals surface area contributed by atoms with E-state index in [9.17, 15) is 19.8 Å². The van der Waals surface area contributed by atoms with Crippen molar-refractivity contribution in [2.24, 2.45) is 29.1 Å². The van der Waals surface area contributed by atoms with Crippen LogP contribution in [-0.4, -0.2) is 40.2 Å². The normalized spacial score (nSPS) is 37.2. The Kier molecular flexibility index (Phi) is 8.65. The van der Waals surface area contributed by atoms with E-state index in [-0.39, 0.29) is 24.2 Å². The minimum atomic E-state index is -1.61. The molecule has 3 N–H and O–H groups in total. The molecule has 4 rings (SSSR count). The van der Waals surface area contributed by atoms with Gasteiger partial charge in [0.15, 0.2) is 5.78 Å². The Bertz CT molecular complexity index is 989. The molecule has 1 amide bonds. The van der Waals surface area contributed by atoms with Gasteiger partial charge in [-0.1, -0.05) is 57.6 Å². The van der Waals surface area contributed by atoms with Crippen molar-refractivity contribution in [3.05, 3.63) is 47.6 Å². The number of allylic oxidation sites excluding steroid dienone is 5. The molecular weight excluding hydrogens is 462 g/mol. The van der Waals surface area contributed by atoms with Crippen LogP contribution in [0.15, 0.2) is 47.6 Å². The van der Waals surface area contributed by atoms with E-state index in [2.05, 4.69) is 44.8 Å². The Morgan fingerprint density at radius 2 is 1.97 bits per heavy atom. The van der Waals surface area contributed by atoms with Crippen molar-refractivity contribution in [1.82, 2.24) is 5.32 Å². The molecule has 0 unspecified atom stereocenters. The maximum absolute atomic E-state index is 12.8. The van der Waals surface area contributed by atoms with Crippen molar-refractivity contribution >= 4 is 11.7 Å². The average molecular weight is 510 g/mol. The minimum absolute atomic E-state index is 0.0191. The average Bonchev–Trinajstić information content (AvgIpc) is 3.65. The number of fused-ring (bicyclic) bond motifs is 1. The summed E-state index contributed by atoms with van der Waals surface area (Å²) in [4.78, 5) is 25.0. The number of aliphatic hydroxyl groups excluding tert-OH is 1. The largest absolute Gasteiger partial charge is 0.388 e. The van der Waals surface area contributed by atoms with E-state index in [1.165, 1.54) is 18.4 Å². The monoisotopic (exact) mass is 509 g/mol. The van der Waals surface area contributed by atoms with Gasteiger partial charge in [-0.3, -0.25) is 9.59 Å². The summed E-state index contributed by atoms with van der Waals surface area (Å²) >= 11 is 0. The summed E-state index contributed by atoms with van der Waals surface area (Å²) in [5, 5.41) is 24.6. The smallest absolute Gasteiger partial charge is 0.252 e. The maximum Gasteiger partial charge on any atom is 0.252 e. The highest BCUT2D eigenvalue weighted by Gasteiger charge is 2.50. The van der Waals surface area contributed by atoms with E-state index in [1.54, 1.807) is 0 Å². The zero-order valence-electron chi connectivity index (χ0n) is 23.1. The quantitative estimate of drug-likeness (QED) is 0.280. The van der Waals surface area contributed by atoms with Crippen LogP contribution in [0.1, 0.15) is 91.4 Å². The summed E-state index contributed by atoms with van der Waals surface area (Å²) in [5.41, 5.74) is 1.38. The van der Waals surface area contributed by atoms with E-state index in [0.717, 1.165) is 50.5 Å². The molecule has 0 bridgehead atoms. The Balaban J connectivity index is 1.48. The van der Waals surface area contributed by atoms with Crippen molar-refractivity contribution in [2.75, 3.05) is 6.54 Å². The number of carbonyl (C=O) groups is 2. The lowest BCUT2D eigenvalue weighted by atomic mass is 9.61. The van der Waals surface area contributed by atoms with Crippen LogP contribution in [0.4, 0.5) is 0 Å². The number of nitrogens with one attached hydrogen (secondary N) is 1.